The van der Waals surface area contributed by atoms with Crippen molar-refractivity contribution in [2.24, 2.45) is 5.73 Å². The number of hydrogen-bond acceptors (Lipinski definition) is 3. The van der Waals surface area contributed by atoms with Crippen LogP contribution in [0.1, 0.15) is 12.8 Å². The zero-order valence-corrected chi connectivity index (χ0v) is 8.86. The third-order valence-corrected chi connectivity index (χ3v) is 2.73. The quantitative estimate of drug-likeness (QED) is 0.598. The molecule has 82 valence electrons. The first kappa shape index (κ1) is 11.3. The van der Waals surface area contributed by atoms with Crippen molar-refractivity contribution in [1.29, 1.82) is 0 Å². The van der Waals surface area contributed by atoms with Gasteiger partial charge in [-0.1, -0.05) is 0 Å². The predicted molar refractivity (Wildman–Crippen MR) is 53.9 cm³/mol. The van der Waals surface area contributed by atoms with Crippen LogP contribution in [0.2, 0.25) is 0 Å². The number of rotatable bonds is 1. The zero-order valence-electron chi connectivity index (χ0n) is 8.86. The lowest BCUT2D eigenvalue weighted by atomic mass is 9.92. The lowest BCUT2D eigenvalue weighted by Crippen LogP contribution is -2.52. The third-order valence-electron chi connectivity index (χ3n) is 2.73. The lowest BCUT2D eigenvalue weighted by Gasteiger charge is -2.38. The average Bonchev–Trinajstić information content (AvgIpc) is 2.18. The van der Waals surface area contributed by atoms with Gasteiger partial charge in [-0.25, -0.2) is 4.79 Å². The third kappa shape index (κ3) is 2.36. The molecule has 0 unspecified atom stereocenters. The fraction of sp³-hybridized carbons (Fsp3) is 0.889. The van der Waals surface area contributed by atoms with Crippen LogP contribution in [-0.2, 0) is 0 Å². The Morgan fingerprint density at radius 3 is 2.36 bits per heavy atom. The SMILES string of the molecule is CN(C)C(=O)N1CCC(O)(CN)CC1. The van der Waals surface area contributed by atoms with E-state index < -0.39 is 5.60 Å². The van der Waals surface area contributed by atoms with Crippen molar-refractivity contribution in [3.63, 3.8) is 0 Å². The minimum absolute atomic E-state index is 0.00377. The van der Waals surface area contributed by atoms with E-state index in [0.29, 0.717) is 25.9 Å². The van der Waals surface area contributed by atoms with E-state index in [1.54, 1.807) is 23.9 Å². The molecule has 1 aliphatic heterocycles. The minimum Gasteiger partial charge on any atom is -0.388 e. The minimum atomic E-state index is -0.761. The summed E-state index contributed by atoms with van der Waals surface area (Å²) in [6, 6.07) is 0.00377. The predicted octanol–water partition coefficient (Wildman–Crippen LogP) is -0.546. The van der Waals surface area contributed by atoms with Crippen molar-refractivity contribution < 1.29 is 9.90 Å². The van der Waals surface area contributed by atoms with Crippen LogP contribution >= 0.6 is 0 Å². The van der Waals surface area contributed by atoms with Gasteiger partial charge in [0.25, 0.3) is 0 Å². The summed E-state index contributed by atoms with van der Waals surface area (Å²) in [5.74, 6) is 0. The first-order chi connectivity index (χ1) is 6.48. The van der Waals surface area contributed by atoms with Gasteiger partial charge in [-0.15, -0.1) is 0 Å². The fourth-order valence-electron chi connectivity index (χ4n) is 1.60. The topological polar surface area (TPSA) is 69.8 Å². The Balaban J connectivity index is 2.47. The lowest BCUT2D eigenvalue weighted by molar-refractivity contribution is -0.00638. The summed E-state index contributed by atoms with van der Waals surface area (Å²) in [6.45, 7) is 1.45. The van der Waals surface area contributed by atoms with E-state index in [1.165, 1.54) is 0 Å². The summed E-state index contributed by atoms with van der Waals surface area (Å²) in [5.41, 5.74) is 4.69. The highest BCUT2D eigenvalue weighted by atomic mass is 16.3. The number of nitrogens with zero attached hydrogens (tertiary/aromatic N) is 2. The molecule has 0 atom stereocenters. The Labute approximate surface area is 84.5 Å². The maximum Gasteiger partial charge on any atom is 0.319 e. The molecule has 14 heavy (non-hydrogen) atoms. The first-order valence-electron chi connectivity index (χ1n) is 4.87. The van der Waals surface area contributed by atoms with Crippen LogP contribution in [0, 0.1) is 0 Å². The molecule has 0 aliphatic carbocycles. The molecule has 1 saturated heterocycles. The van der Waals surface area contributed by atoms with Crippen molar-refractivity contribution in [3.8, 4) is 0 Å². The van der Waals surface area contributed by atoms with Gasteiger partial charge in [-0.3, -0.25) is 0 Å². The number of likely N-dealkylation sites (tertiary alicyclic amines) is 1. The maximum absolute atomic E-state index is 11.5. The second-order valence-corrected chi connectivity index (χ2v) is 4.09. The summed E-state index contributed by atoms with van der Waals surface area (Å²) < 4.78 is 0. The summed E-state index contributed by atoms with van der Waals surface area (Å²) in [6.07, 6.45) is 1.14. The summed E-state index contributed by atoms with van der Waals surface area (Å²) in [7, 11) is 3.46. The van der Waals surface area contributed by atoms with Gasteiger partial charge in [0.15, 0.2) is 0 Å². The summed E-state index contributed by atoms with van der Waals surface area (Å²) in [5, 5.41) is 9.84. The monoisotopic (exact) mass is 201 g/mol. The van der Waals surface area contributed by atoms with Crippen LogP contribution < -0.4 is 5.73 Å². The van der Waals surface area contributed by atoms with E-state index in [2.05, 4.69) is 0 Å². The molecule has 5 heteroatoms. The average molecular weight is 201 g/mol. The number of hydrogen-bond donors (Lipinski definition) is 2. The molecule has 0 aromatic rings. The van der Waals surface area contributed by atoms with Gasteiger partial charge in [0.05, 0.1) is 5.60 Å². The number of carbonyl (C=O) groups is 1. The fourth-order valence-corrected chi connectivity index (χ4v) is 1.60. The van der Waals surface area contributed by atoms with Crippen molar-refractivity contribution in [2.45, 2.75) is 18.4 Å². The normalized spacial score (nSPS) is 20.7. The van der Waals surface area contributed by atoms with Gasteiger partial charge in [-0.2, -0.15) is 0 Å². The van der Waals surface area contributed by atoms with E-state index >= 15 is 0 Å². The van der Waals surface area contributed by atoms with Crippen LogP contribution in [0.15, 0.2) is 0 Å². The second-order valence-electron chi connectivity index (χ2n) is 4.09. The molecular formula is C9H19N3O2. The van der Waals surface area contributed by atoms with Crippen LogP contribution in [-0.4, -0.2) is 60.3 Å². The van der Waals surface area contributed by atoms with Crippen LogP contribution in [0.5, 0.6) is 0 Å². The van der Waals surface area contributed by atoms with Crippen molar-refractivity contribution in [1.82, 2.24) is 9.80 Å². The molecule has 0 bridgehead atoms. The van der Waals surface area contributed by atoms with Crippen molar-refractivity contribution in [3.05, 3.63) is 0 Å². The van der Waals surface area contributed by atoms with Gasteiger partial charge in [0.2, 0.25) is 0 Å². The maximum atomic E-state index is 11.5. The van der Waals surface area contributed by atoms with Crippen molar-refractivity contribution >= 4 is 6.03 Å². The highest BCUT2D eigenvalue weighted by Crippen LogP contribution is 2.21. The summed E-state index contributed by atoms with van der Waals surface area (Å²) in [4.78, 5) is 14.8. The molecule has 0 spiro atoms. The Morgan fingerprint density at radius 2 is 2.00 bits per heavy atom. The van der Waals surface area contributed by atoms with Gasteiger partial charge in [0, 0.05) is 33.7 Å². The van der Waals surface area contributed by atoms with E-state index in [4.69, 9.17) is 5.73 Å². The van der Waals surface area contributed by atoms with Crippen LogP contribution in [0.4, 0.5) is 4.79 Å². The standard InChI is InChI=1S/C9H19N3O2/c1-11(2)8(13)12-5-3-9(14,7-10)4-6-12/h14H,3-7,10H2,1-2H3. The van der Waals surface area contributed by atoms with Crippen molar-refractivity contribution in [2.75, 3.05) is 33.7 Å². The van der Waals surface area contributed by atoms with Gasteiger partial charge in [-0.05, 0) is 12.8 Å². The Kier molecular flexibility index (Phi) is 3.34. The van der Waals surface area contributed by atoms with Gasteiger partial charge < -0.3 is 20.6 Å². The summed E-state index contributed by atoms with van der Waals surface area (Å²) >= 11 is 0. The number of piperidine rings is 1. The van der Waals surface area contributed by atoms with Gasteiger partial charge >= 0.3 is 6.03 Å². The molecule has 2 amide bonds. The Hall–Kier alpha value is -0.810. The van der Waals surface area contributed by atoms with Crippen LogP contribution in [0.25, 0.3) is 0 Å². The molecule has 0 aromatic carbocycles. The smallest absolute Gasteiger partial charge is 0.319 e. The zero-order chi connectivity index (χ0) is 10.8. The molecule has 0 radical (unpaired) electrons. The molecular weight excluding hydrogens is 182 g/mol. The number of carbonyl (C=O) groups excluding carboxylic acids is 1. The molecule has 1 rings (SSSR count). The molecule has 3 N–H and O–H groups in total. The highest BCUT2D eigenvalue weighted by molar-refractivity contribution is 5.73. The Bertz CT molecular complexity index is 210. The Morgan fingerprint density at radius 1 is 1.50 bits per heavy atom. The van der Waals surface area contributed by atoms with E-state index in [-0.39, 0.29) is 12.6 Å². The number of nitrogens with two attached hydrogens (primary N) is 1. The molecule has 1 fully saturated rings. The molecule has 1 aliphatic rings. The molecule has 5 nitrogen and oxygen atoms in total. The molecule has 0 saturated carbocycles. The van der Waals surface area contributed by atoms with E-state index in [1.807, 2.05) is 0 Å². The first-order valence-corrected chi connectivity index (χ1v) is 4.87. The largest absolute Gasteiger partial charge is 0.388 e. The highest BCUT2D eigenvalue weighted by Gasteiger charge is 2.32. The molecule has 1 heterocycles. The van der Waals surface area contributed by atoms with Gasteiger partial charge in [0.1, 0.15) is 0 Å². The number of urea groups is 1. The van der Waals surface area contributed by atoms with Crippen LogP contribution in [0.3, 0.4) is 0 Å². The molecule has 0 aromatic heterocycles. The van der Waals surface area contributed by atoms with E-state index in [9.17, 15) is 9.90 Å². The number of amides is 2. The second kappa shape index (κ2) is 4.14. The number of aliphatic hydroxyl groups is 1. The van der Waals surface area contributed by atoms with E-state index in [0.717, 1.165) is 0 Å².